The van der Waals surface area contributed by atoms with Crippen LogP contribution >= 0.6 is 0 Å². The van der Waals surface area contributed by atoms with Crippen LogP contribution in [0.1, 0.15) is 28.8 Å². The molecule has 2 N–H and O–H groups in total. The lowest BCUT2D eigenvalue weighted by molar-refractivity contribution is 0.0679. The maximum absolute atomic E-state index is 13.9. The molecule has 0 spiro atoms. The first-order chi connectivity index (χ1) is 10.2. The summed E-state index contributed by atoms with van der Waals surface area (Å²) in [6.07, 6.45) is 2.00. The molecule has 0 aromatic heterocycles. The molecular formula is C16H19FN2O2. The second-order valence-corrected chi connectivity index (χ2v) is 4.92. The average molecular weight is 290 g/mol. The van der Waals surface area contributed by atoms with Gasteiger partial charge in [-0.1, -0.05) is 11.8 Å². The third-order valence-electron chi connectivity index (χ3n) is 3.33. The Labute approximate surface area is 124 Å². The third kappa shape index (κ3) is 4.03. The van der Waals surface area contributed by atoms with Crippen molar-refractivity contribution in [3.05, 3.63) is 35.1 Å². The molecule has 0 saturated heterocycles. The third-order valence-corrected chi connectivity index (χ3v) is 3.33. The van der Waals surface area contributed by atoms with Crippen molar-refractivity contribution in [2.75, 3.05) is 26.8 Å². The number of hydrogen-bond acceptors (Lipinski definition) is 3. The zero-order valence-electron chi connectivity index (χ0n) is 12.1. The van der Waals surface area contributed by atoms with Gasteiger partial charge in [0.15, 0.2) is 0 Å². The number of carbonyl (C=O) groups is 1. The predicted octanol–water partition coefficient (Wildman–Crippen LogP) is 1.39. The molecule has 0 unspecified atom stereocenters. The predicted molar refractivity (Wildman–Crippen MR) is 78.3 cm³/mol. The Morgan fingerprint density at radius 1 is 1.52 bits per heavy atom. The van der Waals surface area contributed by atoms with Gasteiger partial charge in [-0.3, -0.25) is 4.79 Å². The molecule has 0 radical (unpaired) electrons. The van der Waals surface area contributed by atoms with Crippen LogP contribution in [0, 0.1) is 17.7 Å². The van der Waals surface area contributed by atoms with Crippen LogP contribution < -0.4 is 5.73 Å². The molecule has 1 aromatic rings. The van der Waals surface area contributed by atoms with Gasteiger partial charge in [-0.05, 0) is 31.0 Å². The van der Waals surface area contributed by atoms with Crippen LogP contribution in [-0.4, -0.2) is 43.7 Å². The van der Waals surface area contributed by atoms with E-state index in [2.05, 4.69) is 11.8 Å². The maximum Gasteiger partial charge on any atom is 0.254 e. The molecule has 0 heterocycles. The summed E-state index contributed by atoms with van der Waals surface area (Å²) in [5, 5.41) is 0. The molecule has 2 rings (SSSR count). The Bertz CT molecular complexity index is 573. The molecule has 112 valence electrons. The molecule has 0 bridgehead atoms. The molecule has 1 aromatic carbocycles. The molecule has 21 heavy (non-hydrogen) atoms. The number of benzene rings is 1. The number of nitrogens with zero attached hydrogens (tertiary/aromatic N) is 1. The molecule has 1 amide bonds. The van der Waals surface area contributed by atoms with Gasteiger partial charge in [0.2, 0.25) is 0 Å². The summed E-state index contributed by atoms with van der Waals surface area (Å²) < 4.78 is 19.0. The average Bonchev–Trinajstić information content (AvgIpc) is 3.31. The molecule has 0 aliphatic heterocycles. The van der Waals surface area contributed by atoms with E-state index >= 15 is 0 Å². The summed E-state index contributed by atoms with van der Waals surface area (Å²) in [6.45, 7) is 1.17. The fourth-order valence-corrected chi connectivity index (χ4v) is 2.09. The van der Waals surface area contributed by atoms with Gasteiger partial charge in [0.25, 0.3) is 5.91 Å². The molecule has 1 aliphatic rings. The summed E-state index contributed by atoms with van der Waals surface area (Å²) in [7, 11) is 1.60. The SMILES string of the molecule is COCCN(C(=O)c1ccc(C#CCN)c(F)c1)C1CC1. The van der Waals surface area contributed by atoms with E-state index in [1.165, 1.54) is 12.1 Å². The van der Waals surface area contributed by atoms with Gasteiger partial charge in [0, 0.05) is 25.3 Å². The van der Waals surface area contributed by atoms with Crippen molar-refractivity contribution >= 4 is 5.91 Å². The van der Waals surface area contributed by atoms with Crippen LogP contribution in [0.4, 0.5) is 4.39 Å². The van der Waals surface area contributed by atoms with Crippen LogP contribution in [-0.2, 0) is 4.74 Å². The van der Waals surface area contributed by atoms with Crippen LogP contribution in [0.3, 0.4) is 0 Å². The number of ether oxygens (including phenoxy) is 1. The van der Waals surface area contributed by atoms with Gasteiger partial charge in [-0.15, -0.1) is 0 Å². The fraction of sp³-hybridized carbons (Fsp3) is 0.438. The largest absolute Gasteiger partial charge is 0.383 e. The topological polar surface area (TPSA) is 55.6 Å². The zero-order chi connectivity index (χ0) is 15.2. The van der Waals surface area contributed by atoms with Crippen LogP contribution in [0.5, 0.6) is 0 Å². The summed E-state index contributed by atoms with van der Waals surface area (Å²) in [6, 6.07) is 4.62. The second-order valence-electron chi connectivity index (χ2n) is 4.92. The Hall–Kier alpha value is -1.90. The fourth-order valence-electron chi connectivity index (χ4n) is 2.09. The first-order valence-corrected chi connectivity index (χ1v) is 6.95. The minimum atomic E-state index is -0.496. The summed E-state index contributed by atoms with van der Waals surface area (Å²) in [4.78, 5) is 14.2. The smallest absolute Gasteiger partial charge is 0.254 e. The van der Waals surface area contributed by atoms with E-state index < -0.39 is 5.82 Å². The highest BCUT2D eigenvalue weighted by molar-refractivity contribution is 5.94. The van der Waals surface area contributed by atoms with Gasteiger partial charge in [-0.2, -0.15) is 0 Å². The molecule has 1 saturated carbocycles. The highest BCUT2D eigenvalue weighted by Gasteiger charge is 2.32. The van der Waals surface area contributed by atoms with E-state index in [1.54, 1.807) is 18.1 Å². The number of nitrogens with two attached hydrogens (primary N) is 1. The first-order valence-electron chi connectivity index (χ1n) is 6.95. The monoisotopic (exact) mass is 290 g/mol. The summed E-state index contributed by atoms with van der Waals surface area (Å²) >= 11 is 0. The molecule has 0 atom stereocenters. The number of rotatable bonds is 5. The van der Waals surface area contributed by atoms with Crippen LogP contribution in [0.2, 0.25) is 0 Å². The highest BCUT2D eigenvalue weighted by atomic mass is 19.1. The van der Waals surface area contributed by atoms with Crippen LogP contribution in [0.25, 0.3) is 0 Å². The van der Waals surface area contributed by atoms with Gasteiger partial charge in [0.05, 0.1) is 18.7 Å². The van der Waals surface area contributed by atoms with Gasteiger partial charge in [-0.25, -0.2) is 4.39 Å². The number of hydrogen-bond donors (Lipinski definition) is 1. The number of carbonyl (C=O) groups excluding carboxylic acids is 1. The minimum absolute atomic E-state index is 0.160. The standard InChI is InChI=1S/C16H19FN2O2/c1-21-10-9-19(14-6-7-14)16(20)13-5-4-12(3-2-8-18)15(17)11-13/h4-5,11,14H,6-10,18H2,1H3. The number of halogens is 1. The van der Waals surface area contributed by atoms with Crippen molar-refractivity contribution in [3.63, 3.8) is 0 Å². The zero-order valence-corrected chi connectivity index (χ0v) is 12.1. The Morgan fingerprint density at radius 2 is 2.29 bits per heavy atom. The maximum atomic E-state index is 13.9. The van der Waals surface area contributed by atoms with Crippen molar-refractivity contribution in [3.8, 4) is 11.8 Å². The van der Waals surface area contributed by atoms with Gasteiger partial charge in [0.1, 0.15) is 5.82 Å². The first kappa shape index (κ1) is 15.5. The van der Waals surface area contributed by atoms with Crippen molar-refractivity contribution in [2.45, 2.75) is 18.9 Å². The molecular weight excluding hydrogens is 271 g/mol. The van der Waals surface area contributed by atoms with Gasteiger partial charge >= 0.3 is 0 Å². The minimum Gasteiger partial charge on any atom is -0.383 e. The second kappa shape index (κ2) is 7.21. The van der Waals surface area contributed by atoms with Crippen molar-refractivity contribution in [1.82, 2.24) is 4.90 Å². The number of methoxy groups -OCH3 is 1. The Kier molecular flexibility index (Phi) is 5.32. The summed E-state index contributed by atoms with van der Waals surface area (Å²) in [5.41, 5.74) is 5.86. The van der Waals surface area contributed by atoms with E-state index in [-0.39, 0.29) is 24.1 Å². The van der Waals surface area contributed by atoms with E-state index in [1.807, 2.05) is 0 Å². The van der Waals surface area contributed by atoms with Gasteiger partial charge < -0.3 is 15.4 Å². The van der Waals surface area contributed by atoms with E-state index in [0.717, 1.165) is 12.8 Å². The molecule has 5 heteroatoms. The molecule has 1 fully saturated rings. The molecule has 1 aliphatic carbocycles. The van der Waals surface area contributed by atoms with Crippen molar-refractivity contribution in [2.24, 2.45) is 5.73 Å². The van der Waals surface area contributed by atoms with Crippen molar-refractivity contribution in [1.29, 1.82) is 0 Å². The highest BCUT2D eigenvalue weighted by Crippen LogP contribution is 2.28. The van der Waals surface area contributed by atoms with Crippen molar-refractivity contribution < 1.29 is 13.9 Å². The normalized spacial score (nSPS) is 13.5. The summed E-state index contributed by atoms with van der Waals surface area (Å²) in [5.74, 6) is 4.58. The van der Waals surface area contributed by atoms with E-state index in [9.17, 15) is 9.18 Å². The lowest BCUT2D eigenvalue weighted by Gasteiger charge is -2.22. The lowest BCUT2D eigenvalue weighted by atomic mass is 10.1. The Balaban J connectivity index is 2.16. The van der Waals surface area contributed by atoms with E-state index in [4.69, 9.17) is 10.5 Å². The quantitative estimate of drug-likeness (QED) is 0.834. The van der Waals surface area contributed by atoms with Crippen LogP contribution in [0.15, 0.2) is 18.2 Å². The number of amides is 1. The lowest BCUT2D eigenvalue weighted by Crippen LogP contribution is -2.35. The molecule has 4 nitrogen and oxygen atoms in total. The van der Waals surface area contributed by atoms with E-state index in [0.29, 0.717) is 18.7 Å². The Morgan fingerprint density at radius 3 is 2.86 bits per heavy atom.